The molecule has 3 aromatic rings. The molecule has 4 rings (SSSR count). The van der Waals surface area contributed by atoms with Crippen LogP contribution in [0.15, 0.2) is 69.9 Å². The molecule has 11 heteroatoms. The quantitative estimate of drug-likeness (QED) is 0.409. The average Bonchev–Trinajstić information content (AvgIpc) is 3.40. The molecule has 2 aromatic carbocycles. The summed E-state index contributed by atoms with van der Waals surface area (Å²) in [4.78, 5) is 31.7. The maximum Gasteiger partial charge on any atom is 0.302 e. The van der Waals surface area contributed by atoms with E-state index >= 15 is 0 Å². The Morgan fingerprint density at radius 2 is 1.94 bits per heavy atom. The van der Waals surface area contributed by atoms with E-state index in [4.69, 9.17) is 14.0 Å². The predicted octanol–water partition coefficient (Wildman–Crippen LogP) is 2.63. The van der Waals surface area contributed by atoms with E-state index < -0.39 is 0 Å². The lowest BCUT2D eigenvalue weighted by molar-refractivity contribution is -0.739. The van der Waals surface area contributed by atoms with Gasteiger partial charge in [0.05, 0.1) is 25.7 Å². The molecule has 0 saturated heterocycles. The molecule has 0 saturated carbocycles. The number of hydrogen-bond acceptors (Lipinski definition) is 8. The monoisotopic (exact) mass is 480 g/mol. The second kappa shape index (κ2) is 10.2. The highest BCUT2D eigenvalue weighted by molar-refractivity contribution is 8.14. The zero-order chi connectivity index (χ0) is 24.1. The predicted molar refractivity (Wildman–Crippen MR) is 128 cm³/mol. The minimum Gasteiger partial charge on any atom is -0.493 e. The molecule has 174 valence electrons. The van der Waals surface area contributed by atoms with Crippen molar-refractivity contribution in [2.45, 2.75) is 0 Å². The molecule has 1 aliphatic rings. The lowest BCUT2D eigenvalue weighted by atomic mass is 10.1. The fourth-order valence-corrected chi connectivity index (χ4v) is 3.99. The number of nitrogens with zero attached hydrogens (tertiary/aromatic N) is 4. The highest BCUT2D eigenvalue weighted by Gasteiger charge is 2.32. The van der Waals surface area contributed by atoms with Gasteiger partial charge in [0, 0.05) is 0 Å². The zero-order valence-corrected chi connectivity index (χ0v) is 19.5. The molecule has 34 heavy (non-hydrogen) atoms. The number of nitrogens with one attached hydrogen (secondary N) is 1. The van der Waals surface area contributed by atoms with Crippen LogP contribution in [0.25, 0.3) is 6.08 Å². The maximum atomic E-state index is 13.3. The van der Waals surface area contributed by atoms with Crippen LogP contribution in [0.3, 0.4) is 0 Å². The van der Waals surface area contributed by atoms with E-state index in [-0.39, 0.29) is 29.1 Å². The third kappa shape index (κ3) is 5.09. The van der Waals surface area contributed by atoms with Gasteiger partial charge in [0.1, 0.15) is 5.70 Å². The molecule has 0 radical (unpaired) electrons. The first-order chi connectivity index (χ1) is 16.5. The number of para-hydroxylation sites is 1. The van der Waals surface area contributed by atoms with Crippen LogP contribution in [-0.2, 0) is 16.6 Å². The van der Waals surface area contributed by atoms with E-state index in [0.717, 1.165) is 17.3 Å². The number of aliphatic imine (C=N–C) groups is 1. The Labute approximate surface area is 199 Å². The number of amides is 2. The van der Waals surface area contributed by atoms with E-state index in [2.05, 4.69) is 15.6 Å². The Hall–Kier alpha value is -4.12. The Morgan fingerprint density at radius 3 is 2.62 bits per heavy atom. The van der Waals surface area contributed by atoms with Crippen molar-refractivity contribution in [1.82, 2.24) is 5.27 Å². The number of methoxy groups -OCH3 is 2. The lowest BCUT2D eigenvalue weighted by Gasteiger charge is -2.17. The van der Waals surface area contributed by atoms with Gasteiger partial charge < -0.3 is 9.47 Å². The van der Waals surface area contributed by atoms with Crippen molar-refractivity contribution in [3.8, 4) is 11.5 Å². The van der Waals surface area contributed by atoms with Crippen molar-refractivity contribution in [2.75, 3.05) is 30.2 Å². The second-order valence-electron chi connectivity index (χ2n) is 7.09. The lowest BCUT2D eigenvalue weighted by Crippen LogP contribution is -2.31. The van der Waals surface area contributed by atoms with Gasteiger partial charge in [-0.1, -0.05) is 40.7 Å². The van der Waals surface area contributed by atoms with Gasteiger partial charge in [0.2, 0.25) is 5.91 Å². The summed E-state index contributed by atoms with van der Waals surface area (Å²) in [7, 11) is 4.78. The molecule has 2 amide bonds. The maximum absolute atomic E-state index is 13.3. The van der Waals surface area contributed by atoms with E-state index in [1.54, 1.807) is 51.7 Å². The normalized spacial score (nSPS) is 14.3. The van der Waals surface area contributed by atoms with E-state index in [0.29, 0.717) is 22.4 Å². The SMILES string of the molecule is COc1ccc(/C=C2/N=C(SCC(=O)Nc3c[n+](C)no3)N(c3ccccc3)C2=O)cc1OC. The Balaban J connectivity index is 1.58. The molecule has 1 aliphatic heterocycles. The van der Waals surface area contributed by atoms with E-state index in [1.165, 1.54) is 9.58 Å². The highest BCUT2D eigenvalue weighted by atomic mass is 32.2. The van der Waals surface area contributed by atoms with Gasteiger partial charge in [0.15, 0.2) is 29.0 Å². The summed E-state index contributed by atoms with van der Waals surface area (Å²) < 4.78 is 17.0. The van der Waals surface area contributed by atoms with Crippen LogP contribution in [0.2, 0.25) is 0 Å². The average molecular weight is 481 g/mol. The third-order valence-corrected chi connectivity index (χ3v) is 5.66. The number of aryl methyl sites for hydroxylation is 1. The summed E-state index contributed by atoms with van der Waals surface area (Å²) >= 11 is 1.14. The molecule has 1 N–H and O–H groups in total. The number of carbonyl (C=O) groups excluding carboxylic acids is 2. The van der Waals surface area contributed by atoms with Crippen molar-refractivity contribution in [3.63, 3.8) is 0 Å². The summed E-state index contributed by atoms with van der Waals surface area (Å²) in [5, 5.41) is 6.67. The number of ether oxygens (including phenoxy) is 2. The number of rotatable bonds is 7. The molecule has 10 nitrogen and oxygen atoms in total. The van der Waals surface area contributed by atoms with E-state index in [9.17, 15) is 9.59 Å². The summed E-state index contributed by atoms with van der Waals surface area (Å²) in [6, 6.07) is 14.5. The summed E-state index contributed by atoms with van der Waals surface area (Å²) in [5.74, 6) is 0.751. The minimum absolute atomic E-state index is 0.0174. The number of benzene rings is 2. The van der Waals surface area contributed by atoms with Gasteiger partial charge in [0.25, 0.3) is 12.1 Å². The topological polar surface area (TPSA) is 110 Å². The third-order valence-electron chi connectivity index (χ3n) is 4.72. The summed E-state index contributed by atoms with van der Waals surface area (Å²) in [6.45, 7) is 0. The van der Waals surface area contributed by atoms with Crippen molar-refractivity contribution in [3.05, 3.63) is 66.0 Å². The number of hydrogen-bond donors (Lipinski definition) is 1. The van der Waals surface area contributed by atoms with Crippen LogP contribution in [0.4, 0.5) is 11.6 Å². The summed E-state index contributed by atoms with van der Waals surface area (Å²) in [6.07, 6.45) is 3.21. The van der Waals surface area contributed by atoms with Crippen LogP contribution in [0.5, 0.6) is 11.5 Å². The molecule has 0 bridgehead atoms. The van der Waals surface area contributed by atoms with Gasteiger partial charge in [-0.15, -0.1) is 0 Å². The number of aromatic nitrogens is 2. The Morgan fingerprint density at radius 1 is 1.18 bits per heavy atom. The molecular formula is C23H22N5O5S+. The number of anilines is 2. The van der Waals surface area contributed by atoms with Crippen molar-refractivity contribution in [2.24, 2.45) is 12.0 Å². The highest BCUT2D eigenvalue weighted by Crippen LogP contribution is 2.32. The summed E-state index contributed by atoms with van der Waals surface area (Å²) in [5.41, 5.74) is 1.61. The van der Waals surface area contributed by atoms with Crippen LogP contribution < -0.4 is 24.4 Å². The van der Waals surface area contributed by atoms with Crippen molar-refractivity contribution in [1.29, 1.82) is 0 Å². The second-order valence-corrected chi connectivity index (χ2v) is 8.03. The largest absolute Gasteiger partial charge is 0.493 e. The molecule has 2 heterocycles. The first-order valence-corrected chi connectivity index (χ1v) is 11.1. The van der Waals surface area contributed by atoms with Crippen molar-refractivity contribution >= 4 is 46.4 Å². The first kappa shape index (κ1) is 23.1. The smallest absolute Gasteiger partial charge is 0.302 e. The van der Waals surface area contributed by atoms with Gasteiger partial charge in [-0.05, 0) is 35.9 Å². The van der Waals surface area contributed by atoms with Crippen LogP contribution in [-0.4, -0.2) is 42.2 Å². The van der Waals surface area contributed by atoms with Crippen LogP contribution in [0.1, 0.15) is 5.56 Å². The number of carbonyl (C=O) groups is 2. The molecule has 0 unspecified atom stereocenters. The standard InChI is InChI=1S/C23H21N5O5S/c1-27-13-21(33-26-27)25-20(29)14-34-23-24-17(22(30)28(23)16-7-5-4-6-8-16)11-15-9-10-18(31-2)19(12-15)32-3/h4-13H,14H2,1-3H3/p+1/b17-11+. The Bertz CT molecular complexity index is 1270. The van der Waals surface area contributed by atoms with Gasteiger partial charge in [-0.3, -0.25) is 24.3 Å². The molecule has 0 aliphatic carbocycles. The molecule has 0 atom stereocenters. The minimum atomic E-state index is -0.317. The molecule has 0 spiro atoms. The molecular weight excluding hydrogens is 458 g/mol. The van der Waals surface area contributed by atoms with Gasteiger partial charge >= 0.3 is 5.88 Å². The van der Waals surface area contributed by atoms with Gasteiger partial charge in [-0.2, -0.15) is 0 Å². The number of thioether (sulfide) groups is 1. The zero-order valence-electron chi connectivity index (χ0n) is 18.7. The van der Waals surface area contributed by atoms with Crippen molar-refractivity contribution < 1.29 is 28.3 Å². The fourth-order valence-electron chi connectivity index (χ4n) is 3.18. The molecule has 0 fully saturated rings. The first-order valence-electron chi connectivity index (χ1n) is 10.2. The molecule has 1 aromatic heterocycles. The van der Waals surface area contributed by atoms with Crippen LogP contribution in [0, 0.1) is 0 Å². The Kier molecular flexibility index (Phi) is 6.93. The number of amidine groups is 1. The van der Waals surface area contributed by atoms with Crippen LogP contribution >= 0.6 is 11.8 Å². The van der Waals surface area contributed by atoms with E-state index in [1.807, 2.05) is 30.3 Å². The fraction of sp³-hybridized carbons (Fsp3) is 0.174. The van der Waals surface area contributed by atoms with Gasteiger partial charge in [-0.25, -0.2) is 4.99 Å².